The quantitative estimate of drug-likeness (QED) is 0.322. The van der Waals surface area contributed by atoms with E-state index < -0.39 is 18.4 Å². The number of thioether (sulfide) groups is 1. The Morgan fingerprint density at radius 3 is 2.80 bits per heavy atom. The molecule has 170 valence electrons. The molecule has 4 nitrogen and oxygen atoms in total. The molecule has 0 aromatic heterocycles. The maximum Gasteiger partial charge on any atom is 0.106 e. The van der Waals surface area contributed by atoms with Gasteiger partial charge in [0.05, 0.1) is 18.8 Å². The van der Waals surface area contributed by atoms with Crippen molar-refractivity contribution in [3.8, 4) is 0 Å². The standard InChI is InChI=1S/C24H37FO4S/c1-17(16-30-11-4-3-10-26)24-21(23(28)14-22(24)25)9-8-20(27)13-18-6-5-7-19(12-18)15-29-2/h5-9,12,17,20-24,26-28H,3-4,10-11,13-16H2,1-2H3/b9-8+/t17?,20-,21+,22-,23-,24-/m1/s1. The summed E-state index contributed by atoms with van der Waals surface area (Å²) in [6.07, 6.45) is 3.51. The first-order chi connectivity index (χ1) is 14.5. The highest BCUT2D eigenvalue weighted by atomic mass is 32.2. The van der Waals surface area contributed by atoms with Gasteiger partial charge in [0.25, 0.3) is 0 Å². The van der Waals surface area contributed by atoms with Crippen molar-refractivity contribution in [3.63, 3.8) is 0 Å². The molecule has 0 aliphatic heterocycles. The molecular weight excluding hydrogens is 403 g/mol. The molecule has 0 radical (unpaired) electrons. The second kappa shape index (κ2) is 13.5. The number of hydrogen-bond donors (Lipinski definition) is 3. The lowest BCUT2D eigenvalue weighted by Crippen LogP contribution is -2.27. The van der Waals surface area contributed by atoms with Gasteiger partial charge >= 0.3 is 0 Å². The lowest BCUT2D eigenvalue weighted by Gasteiger charge is -2.26. The third kappa shape index (κ3) is 7.97. The van der Waals surface area contributed by atoms with Crippen LogP contribution in [0.25, 0.3) is 0 Å². The van der Waals surface area contributed by atoms with Crippen molar-refractivity contribution >= 4 is 11.8 Å². The fourth-order valence-corrected chi connectivity index (χ4v) is 5.48. The third-order valence-corrected chi connectivity index (χ3v) is 7.15. The highest BCUT2D eigenvalue weighted by Gasteiger charge is 2.44. The van der Waals surface area contributed by atoms with Gasteiger partial charge in [-0.25, -0.2) is 4.39 Å². The van der Waals surface area contributed by atoms with Gasteiger partial charge in [-0.3, -0.25) is 0 Å². The minimum absolute atomic E-state index is 0.133. The molecular formula is C24H37FO4S. The SMILES string of the molecule is COCc1cccc(C[C@H](O)/C=C/[C@@H]2[C@@H](C(C)CSCCCCO)[C@H](F)C[C@H]2O)c1. The summed E-state index contributed by atoms with van der Waals surface area (Å²) >= 11 is 1.78. The number of aliphatic hydroxyl groups excluding tert-OH is 3. The van der Waals surface area contributed by atoms with Gasteiger partial charge in [-0.15, -0.1) is 0 Å². The first-order valence-electron chi connectivity index (χ1n) is 10.9. The van der Waals surface area contributed by atoms with E-state index in [1.54, 1.807) is 24.9 Å². The number of ether oxygens (including phenoxy) is 1. The summed E-state index contributed by atoms with van der Waals surface area (Å²) in [5, 5.41) is 29.7. The van der Waals surface area contributed by atoms with E-state index in [1.165, 1.54) is 0 Å². The Morgan fingerprint density at radius 2 is 2.07 bits per heavy atom. The molecule has 30 heavy (non-hydrogen) atoms. The van der Waals surface area contributed by atoms with E-state index in [2.05, 4.69) is 0 Å². The number of alkyl halides is 1. The van der Waals surface area contributed by atoms with E-state index in [4.69, 9.17) is 9.84 Å². The van der Waals surface area contributed by atoms with Crippen LogP contribution in [0.5, 0.6) is 0 Å². The molecule has 0 spiro atoms. The summed E-state index contributed by atoms with van der Waals surface area (Å²) in [5.74, 6) is 1.41. The Bertz CT molecular complexity index is 641. The van der Waals surface area contributed by atoms with Crippen LogP contribution in [0, 0.1) is 17.8 Å². The molecule has 1 fully saturated rings. The van der Waals surface area contributed by atoms with Crippen LogP contribution in [0.1, 0.15) is 37.3 Å². The van der Waals surface area contributed by atoms with Gasteiger partial charge in [0, 0.05) is 38.4 Å². The summed E-state index contributed by atoms with van der Waals surface area (Å²) in [4.78, 5) is 0. The zero-order valence-corrected chi connectivity index (χ0v) is 18.9. The van der Waals surface area contributed by atoms with E-state index in [9.17, 15) is 14.6 Å². The normalized spacial score (nSPS) is 26.3. The van der Waals surface area contributed by atoms with Crippen molar-refractivity contribution < 1.29 is 24.4 Å². The number of hydrogen-bond acceptors (Lipinski definition) is 5. The molecule has 0 saturated heterocycles. The first kappa shape index (κ1) is 25.3. The van der Waals surface area contributed by atoms with Crippen LogP contribution in [-0.4, -0.2) is 58.9 Å². The topological polar surface area (TPSA) is 69.9 Å². The first-order valence-corrected chi connectivity index (χ1v) is 12.1. The van der Waals surface area contributed by atoms with E-state index in [1.807, 2.05) is 37.3 Å². The fraction of sp³-hybridized carbons (Fsp3) is 0.667. The Morgan fingerprint density at radius 1 is 1.30 bits per heavy atom. The maximum atomic E-state index is 14.6. The molecule has 0 heterocycles. The van der Waals surface area contributed by atoms with Crippen LogP contribution < -0.4 is 0 Å². The van der Waals surface area contributed by atoms with Crippen molar-refractivity contribution in [2.45, 2.75) is 57.6 Å². The Labute approximate surface area is 184 Å². The monoisotopic (exact) mass is 440 g/mol. The van der Waals surface area contributed by atoms with Crippen LogP contribution >= 0.6 is 11.8 Å². The van der Waals surface area contributed by atoms with Gasteiger partial charge in [0.1, 0.15) is 6.17 Å². The predicted octanol–water partition coefficient (Wildman–Crippen LogP) is 3.77. The molecule has 0 amide bonds. The molecule has 1 aromatic carbocycles. The van der Waals surface area contributed by atoms with Crippen LogP contribution in [0.2, 0.25) is 0 Å². The molecule has 3 N–H and O–H groups in total. The molecule has 0 bridgehead atoms. The van der Waals surface area contributed by atoms with E-state index in [0.717, 1.165) is 35.5 Å². The third-order valence-electron chi connectivity index (χ3n) is 5.81. The van der Waals surface area contributed by atoms with Crippen LogP contribution in [0.3, 0.4) is 0 Å². The number of benzene rings is 1. The molecule has 1 aliphatic rings. The van der Waals surface area contributed by atoms with E-state index in [-0.39, 0.29) is 30.8 Å². The molecule has 1 saturated carbocycles. The number of halogens is 1. The highest BCUT2D eigenvalue weighted by Crippen LogP contribution is 2.41. The molecule has 6 atom stereocenters. The molecule has 2 rings (SSSR count). The van der Waals surface area contributed by atoms with E-state index >= 15 is 0 Å². The fourth-order valence-electron chi connectivity index (χ4n) is 4.31. The Balaban J connectivity index is 1.92. The average molecular weight is 441 g/mol. The lowest BCUT2D eigenvalue weighted by molar-refractivity contribution is 0.132. The van der Waals surface area contributed by atoms with Crippen LogP contribution in [0.4, 0.5) is 4.39 Å². The van der Waals surface area contributed by atoms with Crippen molar-refractivity contribution in [2.75, 3.05) is 25.2 Å². The summed E-state index contributed by atoms with van der Waals surface area (Å²) in [6, 6.07) is 7.92. The molecule has 1 unspecified atom stereocenters. The van der Waals surface area contributed by atoms with Gasteiger partial charge in [-0.05, 0) is 41.4 Å². The van der Waals surface area contributed by atoms with Crippen molar-refractivity contribution in [1.82, 2.24) is 0 Å². The van der Waals surface area contributed by atoms with Gasteiger partial charge in [-0.1, -0.05) is 43.3 Å². The molecule has 1 aliphatic carbocycles. The minimum Gasteiger partial charge on any atom is -0.396 e. The Kier molecular flexibility index (Phi) is 11.4. The summed E-state index contributed by atoms with van der Waals surface area (Å²) in [6.45, 7) is 2.79. The molecule has 1 aromatic rings. The summed E-state index contributed by atoms with van der Waals surface area (Å²) < 4.78 is 19.8. The average Bonchev–Trinajstić information content (AvgIpc) is 2.99. The second-order valence-corrected chi connectivity index (χ2v) is 9.52. The van der Waals surface area contributed by atoms with Gasteiger partial charge < -0.3 is 20.1 Å². The zero-order valence-electron chi connectivity index (χ0n) is 18.1. The predicted molar refractivity (Wildman–Crippen MR) is 121 cm³/mol. The second-order valence-electron chi connectivity index (χ2n) is 8.37. The van der Waals surface area contributed by atoms with Gasteiger partial charge in [-0.2, -0.15) is 11.8 Å². The van der Waals surface area contributed by atoms with Crippen LogP contribution in [-0.2, 0) is 17.8 Å². The minimum atomic E-state index is -1.02. The Hall–Kier alpha value is -0.920. The molecule has 6 heteroatoms. The number of rotatable bonds is 13. The smallest absolute Gasteiger partial charge is 0.106 e. The largest absolute Gasteiger partial charge is 0.396 e. The van der Waals surface area contributed by atoms with Crippen molar-refractivity contribution in [3.05, 3.63) is 47.5 Å². The number of methoxy groups -OCH3 is 1. The van der Waals surface area contributed by atoms with Crippen LogP contribution in [0.15, 0.2) is 36.4 Å². The lowest BCUT2D eigenvalue weighted by atomic mass is 9.84. The number of unbranched alkanes of at least 4 members (excludes halogenated alkanes) is 1. The van der Waals surface area contributed by atoms with Crippen molar-refractivity contribution in [1.29, 1.82) is 0 Å². The van der Waals surface area contributed by atoms with E-state index in [0.29, 0.717) is 13.0 Å². The maximum absolute atomic E-state index is 14.6. The number of aliphatic hydroxyl groups is 3. The van der Waals surface area contributed by atoms with Gasteiger partial charge in [0.2, 0.25) is 0 Å². The van der Waals surface area contributed by atoms with Crippen molar-refractivity contribution in [2.24, 2.45) is 17.8 Å². The zero-order chi connectivity index (χ0) is 21.9. The summed E-state index contributed by atoms with van der Waals surface area (Å²) in [7, 11) is 1.65. The highest BCUT2D eigenvalue weighted by molar-refractivity contribution is 7.99. The van der Waals surface area contributed by atoms with Gasteiger partial charge in [0.15, 0.2) is 0 Å². The summed E-state index contributed by atoms with van der Waals surface area (Å²) in [5.41, 5.74) is 2.07.